The normalized spacial score (nSPS) is 11.6. The number of rotatable bonds is 6. The number of ether oxygens (including phenoxy) is 1. The highest BCUT2D eigenvalue weighted by molar-refractivity contribution is 5.81. The number of aromatic nitrogens is 3. The minimum absolute atomic E-state index is 0.0633. The Hall–Kier alpha value is -3.75. The summed E-state index contributed by atoms with van der Waals surface area (Å²) >= 11 is 0. The lowest BCUT2D eigenvalue weighted by Crippen LogP contribution is -2.46. The van der Waals surface area contributed by atoms with Crippen LogP contribution in [0.5, 0.6) is 0 Å². The standard InChI is InChI=1S/C19H18N4O5/c1-2-15(20-19(26)27-12-13-8-4-3-5-9-13)18(25)28-23-17(24)14-10-6-7-11-16(14)21-22-23/h3-11,15H,2,12H2,1H3,(H,20,26)/t15-/m0/s1. The molecule has 0 unspecified atom stereocenters. The third-order valence-corrected chi connectivity index (χ3v) is 3.92. The molecule has 3 rings (SSSR count). The molecule has 0 radical (unpaired) electrons. The van der Waals surface area contributed by atoms with Crippen molar-refractivity contribution in [2.24, 2.45) is 0 Å². The Morgan fingerprint density at radius 3 is 2.57 bits per heavy atom. The lowest BCUT2D eigenvalue weighted by atomic mass is 10.2. The number of amides is 1. The van der Waals surface area contributed by atoms with Gasteiger partial charge in [0.15, 0.2) is 0 Å². The Bertz CT molecular complexity index is 1040. The molecule has 0 bridgehead atoms. The fourth-order valence-electron chi connectivity index (χ4n) is 2.42. The zero-order valence-electron chi connectivity index (χ0n) is 15.1. The summed E-state index contributed by atoms with van der Waals surface area (Å²) in [6, 6.07) is 14.7. The molecule has 9 nitrogen and oxygen atoms in total. The summed E-state index contributed by atoms with van der Waals surface area (Å²) < 4.78 is 5.09. The Balaban J connectivity index is 1.62. The van der Waals surface area contributed by atoms with Crippen LogP contribution in [0.15, 0.2) is 59.4 Å². The summed E-state index contributed by atoms with van der Waals surface area (Å²) in [5, 5.41) is 10.1. The summed E-state index contributed by atoms with van der Waals surface area (Å²) in [6.45, 7) is 1.74. The Kier molecular flexibility index (Phi) is 5.95. The van der Waals surface area contributed by atoms with Crippen molar-refractivity contribution >= 4 is 23.0 Å². The predicted octanol–water partition coefficient (Wildman–Crippen LogP) is 1.45. The molecule has 1 heterocycles. The molecule has 0 fully saturated rings. The third-order valence-electron chi connectivity index (χ3n) is 3.92. The fourth-order valence-corrected chi connectivity index (χ4v) is 2.42. The highest BCUT2D eigenvalue weighted by atomic mass is 16.7. The van der Waals surface area contributed by atoms with E-state index < -0.39 is 23.7 Å². The molecule has 3 aromatic rings. The van der Waals surface area contributed by atoms with E-state index in [2.05, 4.69) is 15.6 Å². The summed E-state index contributed by atoms with van der Waals surface area (Å²) in [7, 11) is 0. The Morgan fingerprint density at radius 2 is 1.82 bits per heavy atom. The highest BCUT2D eigenvalue weighted by Crippen LogP contribution is 2.04. The minimum Gasteiger partial charge on any atom is -0.445 e. The maximum absolute atomic E-state index is 12.3. The van der Waals surface area contributed by atoms with Crippen molar-refractivity contribution in [3.8, 4) is 0 Å². The van der Waals surface area contributed by atoms with Crippen molar-refractivity contribution in [1.82, 2.24) is 20.5 Å². The lowest BCUT2D eigenvalue weighted by molar-refractivity contribution is -0.149. The van der Waals surface area contributed by atoms with Gasteiger partial charge in [-0.25, -0.2) is 9.59 Å². The zero-order valence-corrected chi connectivity index (χ0v) is 15.1. The maximum atomic E-state index is 12.3. The van der Waals surface area contributed by atoms with Crippen LogP contribution in [-0.4, -0.2) is 33.3 Å². The van der Waals surface area contributed by atoms with Crippen LogP contribution >= 0.6 is 0 Å². The van der Waals surface area contributed by atoms with Gasteiger partial charge in [-0.05, 0) is 34.2 Å². The van der Waals surface area contributed by atoms with Crippen LogP contribution in [0.3, 0.4) is 0 Å². The minimum atomic E-state index is -1.01. The Morgan fingerprint density at radius 1 is 1.11 bits per heavy atom. The van der Waals surface area contributed by atoms with E-state index in [4.69, 9.17) is 9.57 Å². The number of hydrogen-bond donors (Lipinski definition) is 1. The van der Waals surface area contributed by atoms with Gasteiger partial charge in [0, 0.05) is 0 Å². The molecule has 0 saturated carbocycles. The van der Waals surface area contributed by atoms with Crippen LogP contribution in [0.4, 0.5) is 4.79 Å². The van der Waals surface area contributed by atoms with Crippen LogP contribution in [0.2, 0.25) is 0 Å². The van der Waals surface area contributed by atoms with E-state index >= 15 is 0 Å². The van der Waals surface area contributed by atoms with Crippen LogP contribution in [0, 0.1) is 0 Å². The number of nitrogens with zero attached hydrogens (tertiary/aromatic N) is 3. The van der Waals surface area contributed by atoms with Gasteiger partial charge in [-0.15, -0.1) is 5.10 Å². The lowest BCUT2D eigenvalue weighted by Gasteiger charge is -2.15. The molecule has 1 N–H and O–H groups in total. The summed E-state index contributed by atoms with van der Waals surface area (Å²) in [5.41, 5.74) is 0.571. The average molecular weight is 382 g/mol. The summed E-state index contributed by atoms with van der Waals surface area (Å²) in [6.07, 6.45) is -0.542. The monoisotopic (exact) mass is 382 g/mol. The van der Waals surface area contributed by atoms with Crippen LogP contribution in [-0.2, 0) is 16.1 Å². The van der Waals surface area contributed by atoms with Gasteiger partial charge in [0.2, 0.25) is 0 Å². The first-order chi connectivity index (χ1) is 13.6. The Labute approximate surface area is 159 Å². The highest BCUT2D eigenvalue weighted by Gasteiger charge is 2.23. The molecule has 0 aliphatic rings. The molecule has 28 heavy (non-hydrogen) atoms. The van der Waals surface area contributed by atoms with Crippen LogP contribution in [0.1, 0.15) is 18.9 Å². The van der Waals surface area contributed by atoms with Gasteiger partial charge < -0.3 is 14.9 Å². The quantitative estimate of drug-likeness (QED) is 0.642. The second kappa shape index (κ2) is 8.76. The van der Waals surface area contributed by atoms with Crippen molar-refractivity contribution in [3.63, 3.8) is 0 Å². The summed E-state index contributed by atoms with van der Waals surface area (Å²) in [5.74, 6) is -0.856. The number of nitrogens with one attached hydrogen (secondary N) is 1. The van der Waals surface area contributed by atoms with Gasteiger partial charge in [0.25, 0.3) is 0 Å². The molecule has 2 aromatic carbocycles. The van der Waals surface area contributed by atoms with Crippen LogP contribution in [0.25, 0.3) is 10.9 Å². The SMILES string of the molecule is CC[C@H](NC(=O)OCc1ccccc1)C(=O)On1nnc2ccccc2c1=O. The van der Waals surface area contributed by atoms with E-state index in [-0.39, 0.29) is 18.4 Å². The zero-order chi connectivity index (χ0) is 19.9. The topological polar surface area (TPSA) is 112 Å². The third kappa shape index (κ3) is 4.50. The van der Waals surface area contributed by atoms with Gasteiger partial charge in [0.1, 0.15) is 18.2 Å². The van der Waals surface area contributed by atoms with Crippen molar-refractivity contribution in [2.75, 3.05) is 0 Å². The molecule has 0 spiro atoms. The first-order valence-electron chi connectivity index (χ1n) is 8.62. The second-order valence-corrected chi connectivity index (χ2v) is 5.86. The van der Waals surface area contributed by atoms with Crippen LogP contribution < -0.4 is 15.7 Å². The van der Waals surface area contributed by atoms with Gasteiger partial charge in [-0.3, -0.25) is 4.79 Å². The van der Waals surface area contributed by atoms with Crippen molar-refractivity contribution in [2.45, 2.75) is 26.0 Å². The number of benzene rings is 2. The van der Waals surface area contributed by atoms with Gasteiger partial charge >= 0.3 is 17.6 Å². The molecule has 1 aromatic heterocycles. The first kappa shape index (κ1) is 19.0. The smallest absolute Gasteiger partial charge is 0.408 e. The van der Waals surface area contributed by atoms with Crippen molar-refractivity contribution in [3.05, 3.63) is 70.5 Å². The van der Waals surface area contributed by atoms with E-state index in [0.29, 0.717) is 10.4 Å². The number of fused-ring (bicyclic) bond motifs is 1. The number of carbonyl (C=O) groups is 2. The first-order valence-corrected chi connectivity index (χ1v) is 8.62. The molecule has 0 saturated heterocycles. The van der Waals surface area contributed by atoms with Gasteiger partial charge in [-0.2, -0.15) is 0 Å². The predicted molar refractivity (Wildman–Crippen MR) is 99.2 cm³/mol. The van der Waals surface area contributed by atoms with E-state index in [1.807, 2.05) is 30.3 Å². The maximum Gasteiger partial charge on any atom is 0.408 e. The number of hydrogen-bond acceptors (Lipinski definition) is 7. The molecular formula is C19H18N4O5. The molecule has 144 valence electrons. The van der Waals surface area contributed by atoms with E-state index in [1.54, 1.807) is 31.2 Å². The second-order valence-electron chi connectivity index (χ2n) is 5.86. The van der Waals surface area contributed by atoms with E-state index in [1.165, 1.54) is 0 Å². The molecule has 0 aliphatic heterocycles. The van der Waals surface area contributed by atoms with Crippen molar-refractivity contribution in [1.29, 1.82) is 0 Å². The van der Waals surface area contributed by atoms with E-state index in [0.717, 1.165) is 5.56 Å². The average Bonchev–Trinajstić information content (AvgIpc) is 2.73. The molecule has 9 heteroatoms. The summed E-state index contributed by atoms with van der Waals surface area (Å²) in [4.78, 5) is 42.1. The number of alkyl carbamates (subject to hydrolysis) is 1. The van der Waals surface area contributed by atoms with Gasteiger partial charge in [0.05, 0.1) is 5.39 Å². The molecule has 0 aliphatic carbocycles. The van der Waals surface area contributed by atoms with Crippen molar-refractivity contribution < 1.29 is 19.2 Å². The van der Waals surface area contributed by atoms with E-state index in [9.17, 15) is 14.4 Å². The van der Waals surface area contributed by atoms with Gasteiger partial charge in [-0.1, -0.05) is 49.4 Å². The fraction of sp³-hybridized carbons (Fsp3) is 0.211. The largest absolute Gasteiger partial charge is 0.445 e. The molecule has 1 amide bonds. The molecular weight excluding hydrogens is 364 g/mol. The number of carbonyl (C=O) groups excluding carboxylic acids is 2. The molecule has 1 atom stereocenters.